The van der Waals surface area contributed by atoms with Gasteiger partial charge in [0.25, 0.3) is 5.91 Å². The third kappa shape index (κ3) is 3.50. The Morgan fingerprint density at radius 1 is 1.14 bits per heavy atom. The zero-order chi connectivity index (χ0) is 15.4. The lowest BCUT2D eigenvalue weighted by Crippen LogP contribution is -2.43. The molecule has 0 bridgehead atoms. The molecule has 0 fully saturated rings. The zero-order valence-electron chi connectivity index (χ0n) is 11.6. The predicted molar refractivity (Wildman–Crippen MR) is 77.5 cm³/mol. The van der Waals surface area contributed by atoms with E-state index in [-0.39, 0.29) is 13.1 Å². The van der Waals surface area contributed by atoms with Crippen LogP contribution in [0.25, 0.3) is 0 Å². The molecule has 3 amide bonds. The van der Waals surface area contributed by atoms with E-state index in [0.29, 0.717) is 5.56 Å². The molecule has 0 radical (unpaired) electrons. The highest BCUT2D eigenvalue weighted by Crippen LogP contribution is 2.26. The predicted octanol–water partition coefficient (Wildman–Crippen LogP) is -0.542. The summed E-state index contributed by atoms with van der Waals surface area (Å²) in [5, 5.41) is 3.22. The Kier molecular flexibility index (Phi) is 4.42. The van der Waals surface area contributed by atoms with Crippen molar-refractivity contribution in [1.29, 1.82) is 0 Å². The highest BCUT2D eigenvalue weighted by atomic mass is 16.2. The maximum absolute atomic E-state index is 12.6. The first-order chi connectivity index (χ1) is 9.99. The van der Waals surface area contributed by atoms with Gasteiger partial charge in [0.1, 0.15) is 13.1 Å². The highest BCUT2D eigenvalue weighted by molar-refractivity contribution is 6.00. The molecule has 5 N–H and O–H groups in total. The van der Waals surface area contributed by atoms with E-state index in [1.807, 2.05) is 6.07 Å². The van der Waals surface area contributed by atoms with Gasteiger partial charge in [-0.1, -0.05) is 6.07 Å². The quantitative estimate of drug-likeness (QED) is 0.674. The van der Waals surface area contributed by atoms with Gasteiger partial charge in [-0.05, 0) is 30.5 Å². The molecule has 0 spiro atoms. The Morgan fingerprint density at radius 2 is 1.81 bits per heavy atom. The molecule has 7 nitrogen and oxygen atoms in total. The van der Waals surface area contributed by atoms with Gasteiger partial charge in [0.15, 0.2) is 0 Å². The van der Waals surface area contributed by atoms with Crippen LogP contribution in [0.15, 0.2) is 18.2 Å². The molecular weight excluding hydrogens is 272 g/mol. The van der Waals surface area contributed by atoms with E-state index in [1.165, 1.54) is 0 Å². The number of carbonyl (C=O) groups excluding carboxylic acids is 3. The molecule has 1 aromatic rings. The van der Waals surface area contributed by atoms with E-state index >= 15 is 0 Å². The van der Waals surface area contributed by atoms with E-state index in [9.17, 15) is 14.4 Å². The molecule has 7 heteroatoms. The van der Waals surface area contributed by atoms with Crippen LogP contribution in [0.1, 0.15) is 22.3 Å². The summed E-state index contributed by atoms with van der Waals surface area (Å²) in [5.41, 5.74) is 12.5. The second-order valence-corrected chi connectivity index (χ2v) is 4.96. The van der Waals surface area contributed by atoms with Crippen molar-refractivity contribution in [3.63, 3.8) is 0 Å². The largest absolute Gasteiger partial charge is 0.385 e. The molecule has 1 aliphatic rings. The molecule has 0 saturated carbocycles. The molecule has 0 unspecified atom stereocenters. The van der Waals surface area contributed by atoms with Crippen molar-refractivity contribution in [3.05, 3.63) is 29.3 Å². The van der Waals surface area contributed by atoms with Gasteiger partial charge in [0.05, 0.1) is 0 Å². The molecule has 1 aromatic carbocycles. The molecule has 0 saturated heterocycles. The van der Waals surface area contributed by atoms with Crippen LogP contribution < -0.4 is 16.8 Å². The molecule has 1 heterocycles. The summed E-state index contributed by atoms with van der Waals surface area (Å²) in [5.74, 6) is -1.78. The SMILES string of the molecule is NC(=O)CN(CC(N)=O)C(=O)c1cccc2c1CCCN2. The summed E-state index contributed by atoms with van der Waals surface area (Å²) in [4.78, 5) is 35.8. The van der Waals surface area contributed by atoms with Crippen LogP contribution in [-0.4, -0.2) is 42.3 Å². The van der Waals surface area contributed by atoms with Crippen LogP contribution >= 0.6 is 0 Å². The Bertz CT molecular complexity index is 570. The Balaban J connectivity index is 2.32. The van der Waals surface area contributed by atoms with Crippen molar-refractivity contribution >= 4 is 23.4 Å². The fourth-order valence-corrected chi connectivity index (χ4v) is 2.46. The Morgan fingerprint density at radius 3 is 2.43 bits per heavy atom. The summed E-state index contributed by atoms with van der Waals surface area (Å²) < 4.78 is 0. The lowest BCUT2D eigenvalue weighted by molar-refractivity contribution is -0.121. The monoisotopic (exact) mass is 290 g/mol. The van der Waals surface area contributed by atoms with Crippen LogP contribution in [0, 0.1) is 0 Å². The van der Waals surface area contributed by atoms with Gasteiger partial charge < -0.3 is 21.7 Å². The molecule has 112 valence electrons. The number of amides is 3. The molecule has 0 aromatic heterocycles. The van der Waals surface area contributed by atoms with Crippen LogP contribution in [-0.2, 0) is 16.0 Å². The number of nitrogens with two attached hydrogens (primary N) is 2. The minimum atomic E-state index is -0.687. The number of nitrogens with zero attached hydrogens (tertiary/aromatic N) is 1. The van der Waals surface area contributed by atoms with Gasteiger partial charge in [-0.2, -0.15) is 0 Å². The van der Waals surface area contributed by atoms with E-state index < -0.39 is 17.7 Å². The number of hydrogen-bond acceptors (Lipinski definition) is 4. The van der Waals surface area contributed by atoms with Crippen LogP contribution in [0.4, 0.5) is 5.69 Å². The normalized spacial score (nSPS) is 13.0. The molecule has 0 aliphatic carbocycles. The van der Waals surface area contributed by atoms with Gasteiger partial charge >= 0.3 is 0 Å². The van der Waals surface area contributed by atoms with Crippen molar-refractivity contribution in [2.24, 2.45) is 11.5 Å². The van der Waals surface area contributed by atoms with Crippen molar-refractivity contribution in [2.75, 3.05) is 25.0 Å². The van der Waals surface area contributed by atoms with Gasteiger partial charge in [-0.25, -0.2) is 0 Å². The van der Waals surface area contributed by atoms with Gasteiger partial charge in [-0.15, -0.1) is 0 Å². The number of carbonyl (C=O) groups is 3. The van der Waals surface area contributed by atoms with Gasteiger partial charge in [0.2, 0.25) is 11.8 Å². The standard InChI is InChI=1S/C14H18N4O3/c15-12(19)7-18(8-13(16)20)14(21)10-3-1-5-11-9(10)4-2-6-17-11/h1,3,5,17H,2,4,6-8H2,(H2,15,19)(H2,16,20). The van der Waals surface area contributed by atoms with Gasteiger partial charge in [0, 0.05) is 17.8 Å². The Labute approximate surface area is 122 Å². The third-order valence-electron chi connectivity index (χ3n) is 3.31. The summed E-state index contributed by atoms with van der Waals surface area (Å²) >= 11 is 0. The highest BCUT2D eigenvalue weighted by Gasteiger charge is 2.24. The van der Waals surface area contributed by atoms with Crippen LogP contribution in [0.2, 0.25) is 0 Å². The second-order valence-electron chi connectivity index (χ2n) is 4.96. The first-order valence-corrected chi connectivity index (χ1v) is 6.70. The number of hydrogen-bond donors (Lipinski definition) is 3. The average Bonchev–Trinajstić information content (AvgIpc) is 2.44. The fraction of sp³-hybridized carbons (Fsp3) is 0.357. The van der Waals surface area contributed by atoms with E-state index in [1.54, 1.807) is 12.1 Å². The Hall–Kier alpha value is -2.57. The number of benzene rings is 1. The topological polar surface area (TPSA) is 119 Å². The first kappa shape index (κ1) is 14.8. The fourth-order valence-electron chi connectivity index (χ4n) is 2.46. The van der Waals surface area contributed by atoms with Crippen LogP contribution in [0.3, 0.4) is 0 Å². The minimum absolute atomic E-state index is 0.334. The zero-order valence-corrected chi connectivity index (χ0v) is 11.6. The van der Waals surface area contributed by atoms with Crippen molar-refractivity contribution in [3.8, 4) is 0 Å². The maximum Gasteiger partial charge on any atom is 0.255 e. The molecule has 0 atom stereocenters. The van der Waals surface area contributed by atoms with E-state index in [0.717, 1.165) is 35.5 Å². The number of primary amides is 2. The third-order valence-corrected chi connectivity index (χ3v) is 3.31. The van der Waals surface area contributed by atoms with E-state index in [4.69, 9.17) is 11.5 Å². The lowest BCUT2D eigenvalue weighted by atomic mass is 9.97. The second kappa shape index (κ2) is 6.25. The number of nitrogens with one attached hydrogen (secondary N) is 1. The van der Waals surface area contributed by atoms with Crippen molar-refractivity contribution in [2.45, 2.75) is 12.8 Å². The number of anilines is 1. The average molecular weight is 290 g/mol. The molecule has 2 rings (SSSR count). The number of rotatable bonds is 5. The smallest absolute Gasteiger partial charge is 0.255 e. The number of fused-ring (bicyclic) bond motifs is 1. The maximum atomic E-state index is 12.6. The van der Waals surface area contributed by atoms with Crippen LogP contribution in [0.5, 0.6) is 0 Å². The van der Waals surface area contributed by atoms with E-state index in [2.05, 4.69) is 5.32 Å². The molecular formula is C14H18N4O3. The van der Waals surface area contributed by atoms with Crippen molar-refractivity contribution in [1.82, 2.24) is 4.90 Å². The minimum Gasteiger partial charge on any atom is -0.385 e. The van der Waals surface area contributed by atoms with Gasteiger partial charge in [-0.3, -0.25) is 14.4 Å². The summed E-state index contributed by atoms with van der Waals surface area (Å²) in [7, 11) is 0. The molecule has 21 heavy (non-hydrogen) atoms. The summed E-state index contributed by atoms with van der Waals surface area (Å²) in [6.45, 7) is 0.189. The summed E-state index contributed by atoms with van der Waals surface area (Å²) in [6.07, 6.45) is 1.69. The molecule has 1 aliphatic heterocycles. The summed E-state index contributed by atoms with van der Waals surface area (Å²) in [6, 6.07) is 5.35. The lowest BCUT2D eigenvalue weighted by Gasteiger charge is -2.24. The first-order valence-electron chi connectivity index (χ1n) is 6.70. The van der Waals surface area contributed by atoms with Crippen molar-refractivity contribution < 1.29 is 14.4 Å².